The van der Waals surface area contributed by atoms with Crippen LogP contribution in [-0.4, -0.2) is 17.3 Å². The molecule has 0 unspecified atom stereocenters. The van der Waals surface area contributed by atoms with E-state index in [0.29, 0.717) is 5.56 Å². The number of piperidine rings is 1. The molecule has 0 atom stereocenters. The van der Waals surface area contributed by atoms with Crippen molar-refractivity contribution in [1.82, 2.24) is 10.3 Å². The van der Waals surface area contributed by atoms with Crippen molar-refractivity contribution in [1.29, 1.82) is 0 Å². The van der Waals surface area contributed by atoms with E-state index in [2.05, 4.69) is 15.1 Å². The fourth-order valence-electron chi connectivity index (χ4n) is 1.85. The number of Topliss-reactive ketones (excluding diaryl/α,β-unsaturated/α-hetero) is 1. The van der Waals surface area contributed by atoms with Crippen LogP contribution in [0.25, 0.3) is 4.85 Å². The summed E-state index contributed by atoms with van der Waals surface area (Å²) in [6.45, 7) is 8.00. The largest absolute Gasteiger partial charge is 0.397 e. The van der Waals surface area contributed by atoms with Crippen LogP contribution in [0.4, 0.5) is 0 Å². The Morgan fingerprint density at radius 1 is 1.47 bits per heavy atom. The molecule has 4 nitrogen and oxygen atoms in total. The molecular weight excluding hydrogens is 214 g/mol. The first-order valence-electron chi connectivity index (χ1n) is 5.62. The average molecular weight is 227 g/mol. The lowest BCUT2D eigenvalue weighted by molar-refractivity contribution is 0.103. The molecule has 2 heterocycles. The first-order chi connectivity index (χ1) is 8.33. The first-order valence-corrected chi connectivity index (χ1v) is 5.62. The van der Waals surface area contributed by atoms with Gasteiger partial charge in [0.05, 0.1) is 6.57 Å². The predicted molar refractivity (Wildman–Crippen MR) is 64.0 cm³/mol. The minimum absolute atomic E-state index is 0.206. The summed E-state index contributed by atoms with van der Waals surface area (Å²) in [7, 11) is 0. The molecule has 0 aliphatic carbocycles. The number of nitrogens with zero attached hydrogens (tertiary/aromatic N) is 2. The van der Waals surface area contributed by atoms with Crippen LogP contribution in [0.3, 0.4) is 0 Å². The van der Waals surface area contributed by atoms with Crippen molar-refractivity contribution in [2.75, 3.05) is 6.54 Å². The van der Waals surface area contributed by atoms with E-state index in [1.807, 2.05) is 0 Å². The van der Waals surface area contributed by atoms with Crippen LogP contribution in [0.2, 0.25) is 0 Å². The van der Waals surface area contributed by atoms with Crippen molar-refractivity contribution in [3.8, 4) is 0 Å². The van der Waals surface area contributed by atoms with Gasteiger partial charge >= 0.3 is 0 Å². The molecule has 0 amide bonds. The van der Waals surface area contributed by atoms with Crippen LogP contribution in [0.5, 0.6) is 0 Å². The summed E-state index contributed by atoms with van der Waals surface area (Å²) in [5.41, 5.74) is 1.45. The molecule has 1 fully saturated rings. The maximum atomic E-state index is 12.1. The van der Waals surface area contributed by atoms with Gasteiger partial charge in [-0.3, -0.25) is 4.98 Å². The SMILES string of the molecule is [C-]#[N+]/C(C(=O)c1cccnc1)=C1/CCCCN1. The molecular formula is C13H13N3O. The fraction of sp³-hybridized carbons (Fsp3) is 0.308. The Kier molecular flexibility index (Phi) is 3.51. The number of hydrogen-bond acceptors (Lipinski definition) is 3. The minimum atomic E-state index is -0.238. The summed E-state index contributed by atoms with van der Waals surface area (Å²) in [5, 5.41) is 3.15. The highest BCUT2D eigenvalue weighted by Gasteiger charge is 2.19. The summed E-state index contributed by atoms with van der Waals surface area (Å²) in [6, 6.07) is 3.39. The molecule has 86 valence electrons. The van der Waals surface area contributed by atoms with Crippen molar-refractivity contribution >= 4 is 5.78 Å². The van der Waals surface area contributed by atoms with Gasteiger partial charge in [0.1, 0.15) is 0 Å². The number of allylic oxidation sites excluding steroid dienone is 2. The van der Waals surface area contributed by atoms with Gasteiger partial charge in [0.25, 0.3) is 5.70 Å². The quantitative estimate of drug-likeness (QED) is 0.478. The molecule has 0 saturated carbocycles. The lowest BCUT2D eigenvalue weighted by Gasteiger charge is -2.18. The molecule has 1 N–H and O–H groups in total. The van der Waals surface area contributed by atoms with Crippen molar-refractivity contribution < 1.29 is 4.79 Å². The molecule has 0 spiro atoms. The summed E-state index contributed by atoms with van der Waals surface area (Å²) in [4.78, 5) is 19.4. The van der Waals surface area contributed by atoms with Crippen LogP contribution in [-0.2, 0) is 0 Å². The molecule has 0 aromatic carbocycles. The fourth-order valence-corrected chi connectivity index (χ4v) is 1.85. The molecule has 0 bridgehead atoms. The topological polar surface area (TPSA) is 46.4 Å². The number of carbonyl (C=O) groups is 1. The second-order valence-electron chi connectivity index (χ2n) is 3.89. The lowest BCUT2D eigenvalue weighted by atomic mass is 10.0. The van der Waals surface area contributed by atoms with Gasteiger partial charge in [-0.05, 0) is 31.4 Å². The normalized spacial score (nSPS) is 17.8. The zero-order chi connectivity index (χ0) is 12.1. The van der Waals surface area contributed by atoms with Gasteiger partial charge < -0.3 is 10.1 Å². The zero-order valence-corrected chi connectivity index (χ0v) is 9.44. The number of nitrogens with one attached hydrogen (secondary N) is 1. The second kappa shape index (κ2) is 5.26. The van der Waals surface area contributed by atoms with Crippen LogP contribution in [0, 0.1) is 6.57 Å². The van der Waals surface area contributed by atoms with Crippen molar-refractivity contribution in [2.45, 2.75) is 19.3 Å². The van der Waals surface area contributed by atoms with Crippen molar-refractivity contribution in [3.63, 3.8) is 0 Å². The maximum Gasteiger partial charge on any atom is 0.252 e. The zero-order valence-electron chi connectivity index (χ0n) is 9.44. The third-order valence-corrected chi connectivity index (χ3v) is 2.73. The molecule has 1 saturated heterocycles. The number of rotatable bonds is 2. The Balaban J connectivity index is 2.31. The number of aromatic nitrogens is 1. The Morgan fingerprint density at radius 2 is 2.35 bits per heavy atom. The Bertz CT molecular complexity index is 477. The molecule has 1 aromatic heterocycles. The second-order valence-corrected chi connectivity index (χ2v) is 3.89. The van der Waals surface area contributed by atoms with Crippen molar-refractivity contribution in [2.24, 2.45) is 0 Å². The maximum absolute atomic E-state index is 12.1. The summed E-state index contributed by atoms with van der Waals surface area (Å²) in [6.07, 6.45) is 6.01. The van der Waals surface area contributed by atoms with Gasteiger partial charge in [-0.25, -0.2) is 4.85 Å². The highest BCUT2D eigenvalue weighted by atomic mass is 16.1. The van der Waals surface area contributed by atoms with E-state index in [4.69, 9.17) is 6.57 Å². The Morgan fingerprint density at radius 3 is 2.94 bits per heavy atom. The van der Waals surface area contributed by atoms with Crippen LogP contribution >= 0.6 is 0 Å². The van der Waals surface area contributed by atoms with Gasteiger partial charge in [-0.1, -0.05) is 0 Å². The minimum Gasteiger partial charge on any atom is -0.397 e. The lowest BCUT2D eigenvalue weighted by Crippen LogP contribution is -2.23. The van der Waals surface area contributed by atoms with Gasteiger partial charge in [0.15, 0.2) is 5.78 Å². The van der Waals surface area contributed by atoms with E-state index in [1.165, 1.54) is 6.20 Å². The smallest absolute Gasteiger partial charge is 0.252 e. The Hall–Kier alpha value is -2.15. The summed E-state index contributed by atoms with van der Waals surface area (Å²) >= 11 is 0. The molecule has 0 radical (unpaired) electrons. The highest BCUT2D eigenvalue weighted by molar-refractivity contribution is 6.10. The molecule has 17 heavy (non-hydrogen) atoms. The van der Waals surface area contributed by atoms with Crippen LogP contribution in [0.15, 0.2) is 35.9 Å². The number of ketones is 1. The van der Waals surface area contributed by atoms with E-state index in [1.54, 1.807) is 18.3 Å². The van der Waals surface area contributed by atoms with Crippen LogP contribution < -0.4 is 5.32 Å². The molecule has 4 heteroatoms. The third kappa shape index (κ3) is 2.51. The van der Waals surface area contributed by atoms with Gasteiger partial charge in [-0.2, -0.15) is 0 Å². The summed E-state index contributed by atoms with van der Waals surface area (Å²) in [5.74, 6) is -0.238. The van der Waals surface area contributed by atoms with Gasteiger partial charge in [0, 0.05) is 30.2 Å². The van der Waals surface area contributed by atoms with Gasteiger partial charge in [-0.15, -0.1) is 0 Å². The predicted octanol–water partition coefficient (Wildman–Crippen LogP) is 2.17. The van der Waals surface area contributed by atoms with E-state index in [9.17, 15) is 4.79 Å². The number of carbonyl (C=O) groups excluding carboxylic acids is 1. The van der Waals surface area contributed by atoms with Crippen LogP contribution in [0.1, 0.15) is 29.6 Å². The van der Waals surface area contributed by atoms with Gasteiger partial charge in [0.2, 0.25) is 0 Å². The Labute approximate surface area is 100 Å². The van der Waals surface area contributed by atoms with E-state index < -0.39 is 0 Å². The third-order valence-electron chi connectivity index (χ3n) is 2.73. The molecule has 1 aliphatic rings. The molecule has 1 aliphatic heterocycles. The van der Waals surface area contributed by atoms with E-state index in [0.717, 1.165) is 31.5 Å². The standard InChI is InChI=1S/C13H13N3O/c1-14-12(11-6-2-3-8-16-11)13(17)10-5-4-7-15-9-10/h4-5,7,9,16H,2-3,6,8H2/b12-11-. The number of pyridine rings is 1. The van der Waals surface area contributed by atoms with E-state index in [-0.39, 0.29) is 11.5 Å². The summed E-state index contributed by atoms with van der Waals surface area (Å²) < 4.78 is 0. The first kappa shape index (κ1) is 11.3. The average Bonchev–Trinajstić information content (AvgIpc) is 2.42. The van der Waals surface area contributed by atoms with E-state index >= 15 is 0 Å². The molecule has 1 aromatic rings. The molecule has 2 rings (SSSR count). The van der Waals surface area contributed by atoms with Crippen molar-refractivity contribution in [3.05, 3.63) is 52.9 Å². The number of hydrogen-bond donors (Lipinski definition) is 1. The monoisotopic (exact) mass is 227 g/mol. The highest BCUT2D eigenvalue weighted by Crippen LogP contribution is 2.19.